The second kappa shape index (κ2) is 9.34. The number of methoxy groups -OCH3 is 3. The normalized spacial score (nSPS) is 13.0. The summed E-state index contributed by atoms with van der Waals surface area (Å²) in [6.45, 7) is 2.02. The molecule has 0 saturated carbocycles. The van der Waals surface area contributed by atoms with E-state index in [9.17, 15) is 0 Å². The van der Waals surface area contributed by atoms with Gasteiger partial charge >= 0.3 is 0 Å². The maximum Gasteiger partial charge on any atom is 0.161 e. The summed E-state index contributed by atoms with van der Waals surface area (Å²) >= 11 is 7.29. The topological polar surface area (TPSA) is 36.9 Å². The van der Waals surface area contributed by atoms with Gasteiger partial charge in [0.25, 0.3) is 0 Å². The quantitative estimate of drug-likeness (QED) is 0.487. The van der Waals surface area contributed by atoms with Gasteiger partial charge in [-0.05, 0) is 42.3 Å². The Labute approximate surface area is 165 Å². The van der Waals surface area contributed by atoms with Gasteiger partial charge in [-0.1, -0.05) is 44.0 Å². The lowest BCUT2D eigenvalue weighted by atomic mass is 10.1. The van der Waals surface area contributed by atoms with Gasteiger partial charge in [0.1, 0.15) is 6.10 Å². The van der Waals surface area contributed by atoms with Crippen LogP contribution in [0.2, 0.25) is 0 Å². The molecule has 4 nitrogen and oxygen atoms in total. The zero-order valence-corrected chi connectivity index (χ0v) is 17.9. The lowest BCUT2D eigenvalue weighted by Crippen LogP contribution is -2.24. The van der Waals surface area contributed by atoms with Gasteiger partial charge < -0.3 is 18.9 Å². The largest absolute Gasteiger partial charge is 0.493 e. The van der Waals surface area contributed by atoms with E-state index < -0.39 is 0 Å². The second-order valence-electron chi connectivity index (χ2n) is 5.48. The molecule has 2 rings (SSSR count). The number of hydrogen-bond acceptors (Lipinski definition) is 4. The third kappa shape index (κ3) is 4.82. The molecule has 0 fully saturated rings. The third-order valence-electron chi connectivity index (χ3n) is 3.80. The highest BCUT2D eigenvalue weighted by Gasteiger charge is 2.24. The van der Waals surface area contributed by atoms with E-state index in [2.05, 4.69) is 31.9 Å². The minimum Gasteiger partial charge on any atom is -0.493 e. The molecule has 0 radical (unpaired) electrons. The van der Waals surface area contributed by atoms with Crippen LogP contribution in [0.4, 0.5) is 0 Å². The number of alkyl halides is 2. The van der Waals surface area contributed by atoms with Gasteiger partial charge in [0.2, 0.25) is 0 Å². The van der Waals surface area contributed by atoms with Crippen LogP contribution in [-0.4, -0.2) is 32.8 Å². The summed E-state index contributed by atoms with van der Waals surface area (Å²) in [6, 6.07) is 11.7. The van der Waals surface area contributed by atoms with E-state index in [0.717, 1.165) is 16.9 Å². The minimum absolute atomic E-state index is 0.0438. The van der Waals surface area contributed by atoms with Crippen molar-refractivity contribution in [2.24, 2.45) is 0 Å². The Hall–Kier alpha value is -1.40. The number of hydrogen-bond donors (Lipinski definition) is 0. The smallest absolute Gasteiger partial charge is 0.161 e. The van der Waals surface area contributed by atoms with Crippen LogP contribution in [0.15, 0.2) is 36.4 Å². The van der Waals surface area contributed by atoms with E-state index in [1.54, 1.807) is 21.3 Å². The number of halogens is 2. The molecule has 0 N–H and O–H groups in total. The summed E-state index contributed by atoms with van der Waals surface area (Å²) in [6.07, 6.45) is -0.144. The molecule has 0 spiro atoms. The molecule has 0 bridgehead atoms. The Kier molecular flexibility index (Phi) is 7.44. The van der Waals surface area contributed by atoms with Crippen molar-refractivity contribution in [3.05, 3.63) is 47.5 Å². The van der Waals surface area contributed by atoms with Crippen molar-refractivity contribution in [2.75, 3.05) is 26.7 Å². The molecule has 2 unspecified atom stereocenters. The average Bonchev–Trinajstić information content (AvgIpc) is 2.65. The Bertz CT molecular complexity index is 706. The van der Waals surface area contributed by atoms with Crippen molar-refractivity contribution in [3.8, 4) is 23.0 Å². The molecule has 0 aromatic heterocycles. The van der Waals surface area contributed by atoms with Crippen LogP contribution in [0.25, 0.3) is 0 Å². The molecule has 6 heteroatoms. The molecule has 0 saturated heterocycles. The molecule has 136 valence electrons. The molecule has 0 aliphatic carbocycles. The van der Waals surface area contributed by atoms with Crippen molar-refractivity contribution in [1.29, 1.82) is 0 Å². The van der Waals surface area contributed by atoms with Crippen molar-refractivity contribution < 1.29 is 18.9 Å². The van der Waals surface area contributed by atoms with Gasteiger partial charge in [0.05, 0.1) is 26.2 Å². The van der Waals surface area contributed by atoms with Crippen LogP contribution in [0.5, 0.6) is 23.0 Å². The number of benzene rings is 2. The Morgan fingerprint density at radius 3 is 2.04 bits per heavy atom. The summed E-state index contributed by atoms with van der Waals surface area (Å²) in [5, 5.41) is 0.647. The third-order valence-corrected chi connectivity index (χ3v) is 5.56. The van der Waals surface area contributed by atoms with Gasteiger partial charge in [-0.15, -0.1) is 0 Å². The van der Waals surface area contributed by atoms with Crippen LogP contribution in [-0.2, 0) is 0 Å². The van der Waals surface area contributed by atoms with E-state index in [1.807, 2.05) is 43.3 Å². The lowest BCUT2D eigenvalue weighted by Gasteiger charge is -2.24. The van der Waals surface area contributed by atoms with Gasteiger partial charge in [-0.3, -0.25) is 0 Å². The van der Waals surface area contributed by atoms with E-state index in [-0.39, 0.29) is 10.9 Å². The molecule has 0 aliphatic rings. The monoisotopic (exact) mass is 472 g/mol. The minimum atomic E-state index is -0.144. The van der Waals surface area contributed by atoms with E-state index in [4.69, 9.17) is 18.9 Å². The second-order valence-corrected chi connectivity index (χ2v) is 7.12. The molecule has 25 heavy (non-hydrogen) atoms. The fraction of sp³-hybridized carbons (Fsp3) is 0.368. The molecular weight excluding hydrogens is 452 g/mol. The Morgan fingerprint density at radius 1 is 0.840 bits per heavy atom. The maximum absolute atomic E-state index is 6.20. The SMILES string of the molecule is COc1ccc(C(Br)C(CBr)Oc2ccc(C)cc2OC)cc1OC. The molecule has 2 aromatic carbocycles. The van der Waals surface area contributed by atoms with Crippen LogP contribution in [0, 0.1) is 6.92 Å². The van der Waals surface area contributed by atoms with Gasteiger partial charge in [-0.25, -0.2) is 0 Å². The first-order valence-corrected chi connectivity index (χ1v) is 9.81. The van der Waals surface area contributed by atoms with Crippen molar-refractivity contribution >= 4 is 31.9 Å². The molecule has 2 aromatic rings. The van der Waals surface area contributed by atoms with E-state index in [1.165, 1.54) is 0 Å². The van der Waals surface area contributed by atoms with E-state index in [0.29, 0.717) is 22.6 Å². The van der Waals surface area contributed by atoms with Crippen LogP contribution in [0.3, 0.4) is 0 Å². The average molecular weight is 474 g/mol. The fourth-order valence-electron chi connectivity index (χ4n) is 2.44. The highest BCUT2D eigenvalue weighted by atomic mass is 79.9. The summed E-state index contributed by atoms with van der Waals surface area (Å²) in [5.41, 5.74) is 2.16. The summed E-state index contributed by atoms with van der Waals surface area (Å²) < 4.78 is 22.3. The summed E-state index contributed by atoms with van der Waals surface area (Å²) in [7, 11) is 4.89. The standard InChI is InChI=1S/C19H22Br2O4/c1-12-5-7-15(16(9-12)23-3)25-18(11-20)19(21)13-6-8-14(22-2)17(10-13)24-4/h5-10,18-19H,11H2,1-4H3. The Morgan fingerprint density at radius 2 is 1.44 bits per heavy atom. The van der Waals surface area contributed by atoms with Crippen molar-refractivity contribution in [1.82, 2.24) is 0 Å². The highest BCUT2D eigenvalue weighted by molar-refractivity contribution is 9.09. The lowest BCUT2D eigenvalue weighted by molar-refractivity contribution is 0.215. The van der Waals surface area contributed by atoms with Crippen molar-refractivity contribution in [3.63, 3.8) is 0 Å². The predicted octanol–water partition coefficient (Wildman–Crippen LogP) is 5.30. The molecule has 0 aliphatic heterocycles. The maximum atomic E-state index is 6.20. The fourth-order valence-corrected chi connectivity index (χ4v) is 4.03. The Balaban J connectivity index is 2.25. The number of ether oxygens (including phenoxy) is 4. The first kappa shape index (κ1) is 19.9. The van der Waals surface area contributed by atoms with Gasteiger partial charge in [0.15, 0.2) is 23.0 Å². The van der Waals surface area contributed by atoms with Crippen LogP contribution < -0.4 is 18.9 Å². The molecular formula is C19H22Br2O4. The summed E-state index contributed by atoms with van der Waals surface area (Å²) in [4.78, 5) is -0.0438. The zero-order chi connectivity index (χ0) is 18.4. The van der Waals surface area contributed by atoms with Crippen LogP contribution >= 0.6 is 31.9 Å². The first-order valence-electron chi connectivity index (χ1n) is 7.77. The molecule has 2 atom stereocenters. The molecule has 0 heterocycles. The van der Waals surface area contributed by atoms with Crippen molar-refractivity contribution in [2.45, 2.75) is 17.9 Å². The first-order chi connectivity index (χ1) is 12.0. The van der Waals surface area contributed by atoms with Gasteiger partial charge in [-0.2, -0.15) is 0 Å². The number of rotatable bonds is 8. The molecule has 0 amide bonds. The summed E-state index contributed by atoms with van der Waals surface area (Å²) in [5.74, 6) is 2.81. The predicted molar refractivity (Wildman–Crippen MR) is 107 cm³/mol. The van der Waals surface area contributed by atoms with E-state index >= 15 is 0 Å². The number of aryl methyl sites for hydroxylation is 1. The zero-order valence-electron chi connectivity index (χ0n) is 14.7. The van der Waals surface area contributed by atoms with Gasteiger partial charge in [0, 0.05) is 5.33 Å². The van der Waals surface area contributed by atoms with Crippen LogP contribution in [0.1, 0.15) is 16.0 Å². The highest BCUT2D eigenvalue weighted by Crippen LogP contribution is 2.38.